The number of rotatable bonds is 3. The van der Waals surface area contributed by atoms with Gasteiger partial charge in [0.15, 0.2) is 17.2 Å². The second kappa shape index (κ2) is 5.31. The molecule has 0 amide bonds. The highest BCUT2D eigenvalue weighted by Crippen LogP contribution is 2.36. The number of carbonyl (C=O) groups is 1. The van der Waals surface area contributed by atoms with E-state index < -0.39 is 5.97 Å². The normalized spacial score (nSPS) is 12.6. The molecule has 0 atom stereocenters. The van der Waals surface area contributed by atoms with Gasteiger partial charge in [0.1, 0.15) is 0 Å². The number of carbonyl (C=O) groups excluding carboxylic acids is 1. The van der Waals surface area contributed by atoms with E-state index in [0.29, 0.717) is 23.8 Å². The van der Waals surface area contributed by atoms with Crippen LogP contribution in [0.1, 0.15) is 17.4 Å². The zero-order valence-electron chi connectivity index (χ0n) is 12.5. The van der Waals surface area contributed by atoms with Crippen molar-refractivity contribution in [3.8, 4) is 22.8 Å². The van der Waals surface area contributed by atoms with E-state index in [1.807, 2.05) is 40.9 Å². The van der Waals surface area contributed by atoms with Gasteiger partial charge < -0.3 is 18.6 Å². The molecular weight excluding hydrogens is 296 g/mol. The van der Waals surface area contributed by atoms with Gasteiger partial charge in [0.2, 0.25) is 6.79 Å². The van der Waals surface area contributed by atoms with Crippen LogP contribution in [0.2, 0.25) is 0 Å². The Balaban J connectivity index is 1.94. The number of hydrogen-bond acceptors (Lipinski definition) is 5. The summed E-state index contributed by atoms with van der Waals surface area (Å²) in [7, 11) is 0. The van der Waals surface area contributed by atoms with Gasteiger partial charge in [-0.3, -0.25) is 0 Å². The topological polar surface area (TPSA) is 62.1 Å². The minimum absolute atomic E-state index is 0.204. The molecule has 0 saturated carbocycles. The molecule has 6 nitrogen and oxygen atoms in total. The average Bonchev–Trinajstić information content (AvgIpc) is 3.22. The van der Waals surface area contributed by atoms with Crippen LogP contribution in [0.25, 0.3) is 16.8 Å². The molecule has 3 heterocycles. The number of fused-ring (bicyclic) bond motifs is 2. The van der Waals surface area contributed by atoms with Gasteiger partial charge in [-0.15, -0.1) is 0 Å². The third-order valence-electron chi connectivity index (χ3n) is 3.69. The van der Waals surface area contributed by atoms with E-state index in [-0.39, 0.29) is 12.5 Å². The fourth-order valence-corrected chi connectivity index (χ4v) is 2.68. The first-order valence-electron chi connectivity index (χ1n) is 7.31. The Hall–Kier alpha value is -3.02. The summed E-state index contributed by atoms with van der Waals surface area (Å²) in [6.07, 6.45) is 3.54. The van der Waals surface area contributed by atoms with Gasteiger partial charge in [-0.05, 0) is 37.3 Å². The molecule has 6 heteroatoms. The Bertz CT molecular complexity index is 901. The van der Waals surface area contributed by atoms with Crippen LogP contribution in [-0.2, 0) is 4.74 Å². The van der Waals surface area contributed by atoms with Gasteiger partial charge in [0.05, 0.1) is 24.0 Å². The predicted molar refractivity (Wildman–Crippen MR) is 82.7 cm³/mol. The van der Waals surface area contributed by atoms with Gasteiger partial charge >= 0.3 is 5.97 Å². The molecule has 1 aromatic carbocycles. The molecule has 23 heavy (non-hydrogen) atoms. The summed E-state index contributed by atoms with van der Waals surface area (Å²) in [5, 5.41) is 0. The van der Waals surface area contributed by atoms with Crippen LogP contribution in [-0.4, -0.2) is 28.8 Å². The van der Waals surface area contributed by atoms with Crippen molar-refractivity contribution in [3.05, 3.63) is 48.4 Å². The zero-order chi connectivity index (χ0) is 15.8. The summed E-state index contributed by atoms with van der Waals surface area (Å²) in [5.41, 5.74) is 2.65. The van der Waals surface area contributed by atoms with Crippen LogP contribution in [0, 0.1) is 0 Å². The maximum Gasteiger partial charge on any atom is 0.359 e. The standard InChI is InChI=1S/C17H14N2O4/c1-2-21-17(20)15-16(19-7-3-4-12(19)9-18-15)11-5-6-13-14(8-11)23-10-22-13/h3-9H,2,10H2,1H3. The largest absolute Gasteiger partial charge is 0.461 e. The van der Waals surface area contributed by atoms with Gasteiger partial charge in [0, 0.05) is 11.8 Å². The van der Waals surface area contributed by atoms with Gasteiger partial charge in [-0.2, -0.15) is 0 Å². The van der Waals surface area contributed by atoms with E-state index in [4.69, 9.17) is 14.2 Å². The van der Waals surface area contributed by atoms with Crippen LogP contribution in [0.3, 0.4) is 0 Å². The number of nitrogens with zero attached hydrogens (tertiary/aromatic N) is 2. The van der Waals surface area contributed by atoms with Gasteiger partial charge in [0.25, 0.3) is 0 Å². The van der Waals surface area contributed by atoms with Crippen molar-refractivity contribution < 1.29 is 19.0 Å². The van der Waals surface area contributed by atoms with Crippen molar-refractivity contribution in [2.45, 2.75) is 6.92 Å². The van der Waals surface area contributed by atoms with Crippen molar-refractivity contribution in [3.63, 3.8) is 0 Å². The second-order valence-electron chi connectivity index (χ2n) is 5.05. The maximum absolute atomic E-state index is 12.3. The maximum atomic E-state index is 12.3. The monoisotopic (exact) mass is 310 g/mol. The lowest BCUT2D eigenvalue weighted by Gasteiger charge is -2.12. The van der Waals surface area contributed by atoms with Gasteiger partial charge in [-0.1, -0.05) is 0 Å². The highest BCUT2D eigenvalue weighted by atomic mass is 16.7. The van der Waals surface area contributed by atoms with Crippen molar-refractivity contribution in [1.82, 2.24) is 9.38 Å². The lowest BCUT2D eigenvalue weighted by atomic mass is 10.1. The molecular formula is C17H14N2O4. The Labute approximate surface area is 132 Å². The van der Waals surface area contributed by atoms with E-state index in [1.165, 1.54) is 0 Å². The van der Waals surface area contributed by atoms with E-state index in [2.05, 4.69) is 4.98 Å². The van der Waals surface area contributed by atoms with Crippen LogP contribution in [0.15, 0.2) is 42.7 Å². The second-order valence-corrected chi connectivity index (χ2v) is 5.05. The van der Waals surface area contributed by atoms with Crippen LogP contribution in [0.5, 0.6) is 11.5 Å². The fraction of sp³-hybridized carbons (Fsp3) is 0.176. The number of aromatic nitrogens is 2. The lowest BCUT2D eigenvalue weighted by molar-refractivity contribution is 0.0520. The smallest absolute Gasteiger partial charge is 0.359 e. The number of ether oxygens (including phenoxy) is 3. The Morgan fingerprint density at radius 1 is 1.30 bits per heavy atom. The zero-order valence-corrected chi connectivity index (χ0v) is 12.5. The molecule has 0 aliphatic carbocycles. The molecule has 1 aliphatic heterocycles. The Morgan fingerprint density at radius 3 is 3.04 bits per heavy atom. The SMILES string of the molecule is CCOC(=O)c1ncc2cccn2c1-c1ccc2c(c1)OCO2. The number of benzene rings is 1. The van der Waals surface area contributed by atoms with E-state index in [0.717, 1.165) is 11.1 Å². The van der Waals surface area contributed by atoms with Crippen LogP contribution in [0.4, 0.5) is 0 Å². The molecule has 0 spiro atoms. The Morgan fingerprint density at radius 2 is 2.17 bits per heavy atom. The van der Waals surface area contributed by atoms with Crippen molar-refractivity contribution >= 4 is 11.5 Å². The third kappa shape index (κ3) is 2.19. The predicted octanol–water partition coefficient (Wildman–Crippen LogP) is 2.91. The van der Waals surface area contributed by atoms with Crippen molar-refractivity contribution in [2.75, 3.05) is 13.4 Å². The van der Waals surface area contributed by atoms with E-state index in [1.54, 1.807) is 13.1 Å². The first-order chi connectivity index (χ1) is 11.3. The Kier molecular flexibility index (Phi) is 3.15. The fourth-order valence-electron chi connectivity index (χ4n) is 2.68. The van der Waals surface area contributed by atoms with Crippen molar-refractivity contribution in [2.24, 2.45) is 0 Å². The number of hydrogen-bond donors (Lipinski definition) is 0. The molecule has 4 rings (SSSR count). The third-order valence-corrected chi connectivity index (χ3v) is 3.69. The summed E-state index contributed by atoms with van der Waals surface area (Å²) in [6, 6.07) is 9.39. The summed E-state index contributed by atoms with van der Waals surface area (Å²) in [4.78, 5) is 16.6. The molecule has 116 valence electrons. The first kappa shape index (κ1) is 13.6. The minimum Gasteiger partial charge on any atom is -0.461 e. The molecule has 0 unspecified atom stereocenters. The summed E-state index contributed by atoms with van der Waals surface area (Å²) >= 11 is 0. The van der Waals surface area contributed by atoms with E-state index in [9.17, 15) is 4.79 Å². The van der Waals surface area contributed by atoms with E-state index >= 15 is 0 Å². The average molecular weight is 310 g/mol. The number of esters is 1. The lowest BCUT2D eigenvalue weighted by Crippen LogP contribution is -2.11. The van der Waals surface area contributed by atoms with Crippen LogP contribution < -0.4 is 9.47 Å². The molecule has 0 radical (unpaired) electrons. The first-order valence-corrected chi connectivity index (χ1v) is 7.31. The highest BCUT2D eigenvalue weighted by Gasteiger charge is 2.21. The van der Waals surface area contributed by atoms with Gasteiger partial charge in [-0.25, -0.2) is 9.78 Å². The molecule has 0 saturated heterocycles. The summed E-state index contributed by atoms with van der Waals surface area (Å²) in [5.74, 6) is 0.899. The summed E-state index contributed by atoms with van der Waals surface area (Å²) in [6.45, 7) is 2.27. The molecule has 2 aromatic heterocycles. The van der Waals surface area contributed by atoms with Crippen molar-refractivity contribution in [1.29, 1.82) is 0 Å². The molecule has 1 aliphatic rings. The molecule has 3 aromatic rings. The summed E-state index contributed by atoms with van der Waals surface area (Å²) < 4.78 is 17.8. The quantitative estimate of drug-likeness (QED) is 0.696. The minimum atomic E-state index is -0.448. The molecule has 0 N–H and O–H groups in total. The van der Waals surface area contributed by atoms with Crippen LogP contribution >= 0.6 is 0 Å². The highest BCUT2D eigenvalue weighted by molar-refractivity contribution is 5.95. The molecule has 0 fully saturated rings. The molecule has 0 bridgehead atoms.